The summed E-state index contributed by atoms with van der Waals surface area (Å²) < 4.78 is 15.7. The van der Waals surface area contributed by atoms with Crippen molar-refractivity contribution in [3.05, 3.63) is 129 Å². The number of hydrogen-bond acceptors (Lipinski definition) is 4. The van der Waals surface area contributed by atoms with Crippen molar-refractivity contribution in [2.24, 2.45) is 0 Å². The van der Waals surface area contributed by atoms with Crippen LogP contribution >= 0.6 is 43.6 Å². The summed E-state index contributed by atoms with van der Waals surface area (Å²) in [6.45, 7) is 1.87. The van der Waals surface area contributed by atoms with Crippen LogP contribution in [0.25, 0.3) is 6.08 Å². The molecular weight excluding hydrogens is 685 g/mol. The maximum Gasteiger partial charge on any atom is 0.272 e. The fourth-order valence-corrected chi connectivity index (χ4v) is 5.61. The number of anilines is 2. The van der Waals surface area contributed by atoms with E-state index < -0.39 is 22.9 Å². The number of rotatable bonds is 10. The summed E-state index contributed by atoms with van der Waals surface area (Å²) in [7, 11) is 0. The standard InChI is InChI=1S/C32H26Br2FN3O3S/c1-2-29(32(41)37-27-15-14-23(34)18-26(27)35)42-25-13-7-12-24(19-25)36-31(40)28(17-20-8-6-11-22(33)16-20)38-30(39)21-9-4-3-5-10-21/h3-19,29H,2H2,1H3,(H,36,40)(H,37,41)(H,38,39)/b28-17+. The van der Waals surface area contributed by atoms with Crippen molar-refractivity contribution < 1.29 is 18.8 Å². The second-order valence-corrected chi connectivity index (χ2v) is 12.2. The molecule has 0 saturated carbocycles. The highest BCUT2D eigenvalue weighted by atomic mass is 79.9. The number of thioether (sulfide) groups is 1. The number of nitrogens with one attached hydrogen (secondary N) is 3. The second kappa shape index (κ2) is 14.9. The molecule has 214 valence electrons. The van der Waals surface area contributed by atoms with Crippen LogP contribution in [0.15, 0.2) is 117 Å². The first-order valence-corrected chi connectivity index (χ1v) is 15.4. The zero-order valence-corrected chi connectivity index (χ0v) is 26.4. The first kappa shape index (κ1) is 31.2. The maximum absolute atomic E-state index is 14.3. The van der Waals surface area contributed by atoms with Crippen LogP contribution in [0.3, 0.4) is 0 Å². The van der Waals surface area contributed by atoms with Crippen LogP contribution in [0.4, 0.5) is 15.8 Å². The smallest absolute Gasteiger partial charge is 0.272 e. The SMILES string of the molecule is CCC(Sc1cccc(NC(=O)/C(=C\c2cccc(Br)c2)NC(=O)c2ccccc2)c1)C(=O)Nc1ccc(Br)cc1F. The van der Waals surface area contributed by atoms with E-state index in [2.05, 4.69) is 47.8 Å². The third kappa shape index (κ3) is 8.88. The molecular formula is C32H26Br2FN3O3S. The molecule has 1 atom stereocenters. The number of halogens is 3. The average Bonchev–Trinajstić information content (AvgIpc) is 2.97. The van der Waals surface area contributed by atoms with Gasteiger partial charge in [-0.2, -0.15) is 0 Å². The van der Waals surface area contributed by atoms with Gasteiger partial charge in [-0.05, 0) is 78.7 Å². The molecule has 0 aliphatic heterocycles. The number of amides is 3. The Labute approximate surface area is 264 Å². The molecule has 0 spiro atoms. The quantitative estimate of drug-likeness (QED) is 0.114. The lowest BCUT2D eigenvalue weighted by atomic mass is 10.1. The molecule has 0 radical (unpaired) electrons. The van der Waals surface area contributed by atoms with Crippen LogP contribution in [0.2, 0.25) is 0 Å². The van der Waals surface area contributed by atoms with E-state index in [1.54, 1.807) is 60.7 Å². The lowest BCUT2D eigenvalue weighted by Gasteiger charge is -2.16. The van der Waals surface area contributed by atoms with Crippen molar-refractivity contribution in [2.45, 2.75) is 23.5 Å². The predicted molar refractivity (Wildman–Crippen MR) is 174 cm³/mol. The first-order chi connectivity index (χ1) is 20.2. The Kier molecular flexibility index (Phi) is 11.1. The highest BCUT2D eigenvalue weighted by molar-refractivity contribution is 9.10. The van der Waals surface area contributed by atoms with Gasteiger partial charge in [0.05, 0.1) is 10.9 Å². The van der Waals surface area contributed by atoms with E-state index in [1.807, 2.05) is 37.3 Å². The number of carbonyl (C=O) groups is 3. The third-order valence-corrected chi connectivity index (χ3v) is 8.26. The summed E-state index contributed by atoms with van der Waals surface area (Å²) in [6, 6.07) is 27.5. The van der Waals surface area contributed by atoms with Crippen LogP contribution < -0.4 is 16.0 Å². The molecule has 6 nitrogen and oxygen atoms in total. The Morgan fingerprint density at radius 3 is 2.31 bits per heavy atom. The first-order valence-electron chi connectivity index (χ1n) is 12.9. The second-order valence-electron chi connectivity index (χ2n) is 9.04. The Morgan fingerprint density at radius 1 is 0.857 bits per heavy atom. The van der Waals surface area contributed by atoms with Crippen molar-refractivity contribution >= 4 is 78.8 Å². The van der Waals surface area contributed by atoms with Gasteiger partial charge in [-0.15, -0.1) is 11.8 Å². The largest absolute Gasteiger partial charge is 0.323 e. The zero-order chi connectivity index (χ0) is 30.1. The molecule has 3 N–H and O–H groups in total. The molecule has 0 heterocycles. The van der Waals surface area contributed by atoms with Gasteiger partial charge < -0.3 is 16.0 Å². The van der Waals surface area contributed by atoms with Gasteiger partial charge in [-0.1, -0.05) is 75.2 Å². The lowest BCUT2D eigenvalue weighted by Crippen LogP contribution is -2.30. The van der Waals surface area contributed by atoms with Gasteiger partial charge in [0.15, 0.2) is 0 Å². The van der Waals surface area contributed by atoms with Gasteiger partial charge in [0, 0.05) is 25.1 Å². The van der Waals surface area contributed by atoms with Crippen LogP contribution in [0, 0.1) is 5.82 Å². The van der Waals surface area contributed by atoms with Crippen molar-refractivity contribution in [3.8, 4) is 0 Å². The molecule has 0 bridgehead atoms. The number of benzene rings is 4. The predicted octanol–water partition coefficient (Wildman–Crippen LogP) is 8.27. The lowest BCUT2D eigenvalue weighted by molar-refractivity contribution is -0.116. The van der Waals surface area contributed by atoms with E-state index in [0.717, 1.165) is 9.37 Å². The maximum atomic E-state index is 14.3. The van der Waals surface area contributed by atoms with E-state index in [9.17, 15) is 18.8 Å². The molecule has 42 heavy (non-hydrogen) atoms. The zero-order valence-electron chi connectivity index (χ0n) is 22.4. The van der Waals surface area contributed by atoms with E-state index in [0.29, 0.717) is 27.7 Å². The summed E-state index contributed by atoms with van der Waals surface area (Å²) in [5.41, 5.74) is 1.77. The summed E-state index contributed by atoms with van der Waals surface area (Å²) in [4.78, 5) is 40.0. The number of carbonyl (C=O) groups excluding carboxylic acids is 3. The van der Waals surface area contributed by atoms with Crippen molar-refractivity contribution in [1.82, 2.24) is 5.32 Å². The summed E-state index contributed by atoms with van der Waals surface area (Å²) in [6.07, 6.45) is 2.09. The summed E-state index contributed by atoms with van der Waals surface area (Å²) >= 11 is 7.94. The summed E-state index contributed by atoms with van der Waals surface area (Å²) in [5, 5.41) is 7.72. The topological polar surface area (TPSA) is 87.3 Å². The third-order valence-electron chi connectivity index (χ3n) is 5.91. The Hall–Kier alpha value is -3.73. The van der Waals surface area contributed by atoms with Gasteiger partial charge in [-0.3, -0.25) is 14.4 Å². The van der Waals surface area contributed by atoms with E-state index in [4.69, 9.17) is 0 Å². The minimum Gasteiger partial charge on any atom is -0.323 e. The van der Waals surface area contributed by atoms with E-state index >= 15 is 0 Å². The van der Waals surface area contributed by atoms with Crippen LogP contribution in [0.5, 0.6) is 0 Å². The molecule has 0 aliphatic carbocycles. The normalized spacial score (nSPS) is 11.9. The van der Waals surface area contributed by atoms with E-state index in [1.165, 1.54) is 23.9 Å². The molecule has 1 unspecified atom stereocenters. The molecule has 0 aliphatic rings. The highest BCUT2D eigenvalue weighted by Crippen LogP contribution is 2.29. The Balaban J connectivity index is 1.50. The summed E-state index contributed by atoms with van der Waals surface area (Å²) in [5.74, 6) is -1.80. The molecule has 3 amide bonds. The van der Waals surface area contributed by atoms with Crippen molar-refractivity contribution in [3.63, 3.8) is 0 Å². The molecule has 4 aromatic rings. The van der Waals surface area contributed by atoms with Gasteiger partial charge in [-0.25, -0.2) is 4.39 Å². The van der Waals surface area contributed by atoms with Gasteiger partial charge in [0.25, 0.3) is 11.8 Å². The minimum absolute atomic E-state index is 0.0577. The fourth-order valence-electron chi connectivity index (χ4n) is 3.84. The van der Waals surface area contributed by atoms with Crippen LogP contribution in [-0.2, 0) is 9.59 Å². The average molecular weight is 711 g/mol. The molecule has 0 fully saturated rings. The number of hydrogen-bond donors (Lipinski definition) is 3. The van der Waals surface area contributed by atoms with E-state index in [-0.39, 0.29) is 17.3 Å². The molecule has 10 heteroatoms. The minimum atomic E-state index is -0.534. The van der Waals surface area contributed by atoms with Gasteiger partial charge in [0.2, 0.25) is 5.91 Å². The molecule has 0 saturated heterocycles. The Morgan fingerprint density at radius 2 is 1.60 bits per heavy atom. The monoisotopic (exact) mass is 709 g/mol. The van der Waals surface area contributed by atoms with Crippen molar-refractivity contribution in [2.75, 3.05) is 10.6 Å². The van der Waals surface area contributed by atoms with Crippen LogP contribution in [-0.4, -0.2) is 23.0 Å². The van der Waals surface area contributed by atoms with Gasteiger partial charge >= 0.3 is 0 Å². The van der Waals surface area contributed by atoms with Crippen LogP contribution in [0.1, 0.15) is 29.3 Å². The fraction of sp³-hybridized carbons (Fsp3) is 0.0938. The highest BCUT2D eigenvalue weighted by Gasteiger charge is 2.20. The molecule has 4 aromatic carbocycles. The molecule has 0 aromatic heterocycles. The van der Waals surface area contributed by atoms with Crippen molar-refractivity contribution in [1.29, 1.82) is 0 Å². The van der Waals surface area contributed by atoms with Gasteiger partial charge in [0.1, 0.15) is 11.5 Å². The molecule has 4 rings (SSSR count). The Bertz CT molecular complexity index is 1630.